The van der Waals surface area contributed by atoms with Gasteiger partial charge in [-0.05, 0) is 65.2 Å². The van der Waals surface area contributed by atoms with Crippen LogP contribution in [0.2, 0.25) is 0 Å². The summed E-state index contributed by atoms with van der Waals surface area (Å²) in [5.74, 6) is 0. The van der Waals surface area contributed by atoms with Gasteiger partial charge in [-0.25, -0.2) is 0 Å². The van der Waals surface area contributed by atoms with Crippen LogP contribution in [-0.4, -0.2) is 0 Å². The Labute approximate surface area is 250 Å². The Bertz CT molecular complexity index is 2450. The normalized spacial score (nSPS) is 11.3. The molecule has 0 radical (unpaired) electrons. The van der Waals surface area contributed by atoms with Gasteiger partial charge in [0, 0.05) is 57.0 Å². The predicted molar refractivity (Wildman–Crippen MR) is 178 cm³/mol. The summed E-state index contributed by atoms with van der Waals surface area (Å²) in [5, 5.41) is 25.5. The van der Waals surface area contributed by atoms with Crippen molar-refractivity contribution in [3.63, 3.8) is 0 Å². The smallest absolute Gasteiger partial charge is 0.100 e. The Hall–Kier alpha value is -5.26. The SMILES string of the molecule is N#Cc1ccccc1-c1cc(-c2cccc3sc4ccccc4c23)cc(-c2ccc3sc4ccccc4c3c2)c1C#N. The molecular weight excluding hydrogens is 549 g/mol. The quantitative estimate of drug-likeness (QED) is 0.213. The van der Waals surface area contributed by atoms with Crippen LogP contribution in [0.3, 0.4) is 0 Å². The monoisotopic (exact) mass is 568 g/mol. The van der Waals surface area contributed by atoms with Crippen molar-refractivity contribution < 1.29 is 0 Å². The summed E-state index contributed by atoms with van der Waals surface area (Å²) >= 11 is 3.58. The number of benzene rings is 6. The summed E-state index contributed by atoms with van der Waals surface area (Å²) in [4.78, 5) is 0. The third kappa shape index (κ3) is 3.75. The fourth-order valence-corrected chi connectivity index (χ4v) is 8.30. The van der Waals surface area contributed by atoms with E-state index < -0.39 is 0 Å². The molecule has 2 heterocycles. The topological polar surface area (TPSA) is 47.6 Å². The third-order valence-corrected chi connectivity index (χ3v) is 10.3. The summed E-state index contributed by atoms with van der Waals surface area (Å²) in [6, 6.07) is 46.6. The van der Waals surface area contributed by atoms with Gasteiger partial charge in [-0.15, -0.1) is 22.7 Å². The number of nitrogens with zero attached hydrogens (tertiary/aromatic N) is 2. The van der Waals surface area contributed by atoms with Crippen molar-refractivity contribution in [3.05, 3.63) is 132 Å². The highest BCUT2D eigenvalue weighted by Gasteiger charge is 2.20. The molecule has 8 aromatic rings. The lowest BCUT2D eigenvalue weighted by Gasteiger charge is -2.16. The first kappa shape index (κ1) is 24.5. The summed E-state index contributed by atoms with van der Waals surface area (Å²) in [6.07, 6.45) is 0. The molecule has 0 aliphatic heterocycles. The number of nitriles is 2. The second-order valence-corrected chi connectivity index (χ2v) is 12.5. The molecule has 0 fully saturated rings. The van der Waals surface area contributed by atoms with E-state index in [2.05, 4.69) is 109 Å². The van der Waals surface area contributed by atoms with Crippen molar-refractivity contribution in [2.75, 3.05) is 0 Å². The van der Waals surface area contributed by atoms with Crippen LogP contribution in [0.4, 0.5) is 0 Å². The molecule has 2 nitrogen and oxygen atoms in total. The minimum atomic E-state index is 0.551. The van der Waals surface area contributed by atoms with E-state index >= 15 is 0 Å². The van der Waals surface area contributed by atoms with Crippen LogP contribution in [0.5, 0.6) is 0 Å². The maximum atomic E-state index is 10.6. The summed E-state index contributed by atoms with van der Waals surface area (Å²) in [7, 11) is 0. The van der Waals surface area contributed by atoms with E-state index in [4.69, 9.17) is 0 Å². The van der Waals surface area contributed by atoms with Gasteiger partial charge in [-0.2, -0.15) is 10.5 Å². The van der Waals surface area contributed by atoms with Crippen LogP contribution in [0, 0.1) is 22.7 Å². The van der Waals surface area contributed by atoms with Crippen LogP contribution in [0.25, 0.3) is 73.7 Å². The average molecular weight is 569 g/mol. The largest absolute Gasteiger partial charge is 0.192 e. The van der Waals surface area contributed by atoms with E-state index in [9.17, 15) is 10.5 Å². The van der Waals surface area contributed by atoms with E-state index in [1.165, 1.54) is 40.3 Å². The van der Waals surface area contributed by atoms with Crippen LogP contribution in [-0.2, 0) is 0 Å². The Kier molecular flexibility index (Phi) is 5.66. The second kappa shape index (κ2) is 9.68. The number of hydrogen-bond acceptors (Lipinski definition) is 4. The van der Waals surface area contributed by atoms with Crippen LogP contribution in [0.15, 0.2) is 121 Å². The van der Waals surface area contributed by atoms with E-state index in [0.29, 0.717) is 11.1 Å². The standard InChI is InChI=1S/C38H20N2S2/c39-21-24-8-1-2-9-26(24)31-20-25(27-12-7-15-37-38(27)29-11-4-6-14-35(29)42-37)19-30(33(31)22-40)23-16-17-36-32(18-23)28-10-3-5-13-34(28)41-36/h1-20H. The molecule has 0 bridgehead atoms. The van der Waals surface area contributed by atoms with Crippen molar-refractivity contribution in [3.8, 4) is 45.5 Å². The molecule has 4 heteroatoms. The first-order chi connectivity index (χ1) is 20.7. The van der Waals surface area contributed by atoms with Crippen molar-refractivity contribution in [1.29, 1.82) is 10.5 Å². The van der Waals surface area contributed by atoms with Gasteiger partial charge in [0.2, 0.25) is 0 Å². The Morgan fingerprint density at radius 2 is 1.07 bits per heavy atom. The molecule has 0 atom stereocenters. The van der Waals surface area contributed by atoms with Gasteiger partial charge in [0.25, 0.3) is 0 Å². The molecule has 0 amide bonds. The molecule has 42 heavy (non-hydrogen) atoms. The van der Waals surface area contributed by atoms with Gasteiger partial charge < -0.3 is 0 Å². The molecular formula is C38H20N2S2. The molecule has 0 saturated carbocycles. The zero-order valence-electron chi connectivity index (χ0n) is 22.3. The van der Waals surface area contributed by atoms with E-state index in [-0.39, 0.29) is 0 Å². The van der Waals surface area contributed by atoms with Crippen LogP contribution < -0.4 is 0 Å². The molecule has 0 saturated heterocycles. The van der Waals surface area contributed by atoms with Gasteiger partial charge in [-0.3, -0.25) is 0 Å². The van der Waals surface area contributed by atoms with E-state index in [1.54, 1.807) is 22.7 Å². The fourth-order valence-electron chi connectivity index (χ4n) is 6.08. The minimum Gasteiger partial charge on any atom is -0.192 e. The lowest BCUT2D eigenvalue weighted by molar-refractivity contribution is 1.45. The highest BCUT2D eigenvalue weighted by molar-refractivity contribution is 7.26. The highest BCUT2D eigenvalue weighted by atomic mass is 32.1. The van der Waals surface area contributed by atoms with Gasteiger partial charge in [-0.1, -0.05) is 72.8 Å². The van der Waals surface area contributed by atoms with E-state index in [0.717, 1.165) is 33.4 Å². The van der Waals surface area contributed by atoms with Crippen LogP contribution in [0.1, 0.15) is 11.1 Å². The first-order valence-corrected chi connectivity index (χ1v) is 15.3. The highest BCUT2D eigenvalue weighted by Crippen LogP contribution is 2.44. The lowest BCUT2D eigenvalue weighted by atomic mass is 9.86. The molecule has 2 aromatic heterocycles. The van der Waals surface area contributed by atoms with Gasteiger partial charge in [0.1, 0.15) is 6.07 Å². The zero-order chi connectivity index (χ0) is 28.2. The Morgan fingerprint density at radius 3 is 1.90 bits per heavy atom. The third-order valence-electron chi connectivity index (χ3n) is 7.99. The van der Waals surface area contributed by atoms with Gasteiger partial charge >= 0.3 is 0 Å². The van der Waals surface area contributed by atoms with Crippen LogP contribution >= 0.6 is 22.7 Å². The summed E-state index contributed by atoms with van der Waals surface area (Å²) in [6.45, 7) is 0. The average Bonchev–Trinajstić information content (AvgIpc) is 3.62. The molecule has 194 valence electrons. The number of hydrogen-bond donors (Lipinski definition) is 0. The minimum absolute atomic E-state index is 0.551. The maximum absolute atomic E-state index is 10.6. The zero-order valence-corrected chi connectivity index (χ0v) is 23.9. The molecule has 0 unspecified atom stereocenters. The van der Waals surface area contributed by atoms with Gasteiger partial charge in [0.05, 0.1) is 17.2 Å². The lowest BCUT2D eigenvalue weighted by Crippen LogP contribution is -1.95. The molecule has 0 aliphatic rings. The van der Waals surface area contributed by atoms with Crippen molar-refractivity contribution in [2.45, 2.75) is 0 Å². The van der Waals surface area contributed by atoms with E-state index in [1.807, 2.05) is 24.3 Å². The summed E-state index contributed by atoms with van der Waals surface area (Å²) in [5.41, 5.74) is 6.66. The fraction of sp³-hybridized carbons (Fsp3) is 0. The number of fused-ring (bicyclic) bond motifs is 6. The molecule has 8 rings (SSSR count). The molecule has 0 spiro atoms. The Balaban J connectivity index is 1.48. The Morgan fingerprint density at radius 1 is 0.429 bits per heavy atom. The summed E-state index contributed by atoms with van der Waals surface area (Å²) < 4.78 is 4.95. The van der Waals surface area contributed by atoms with Gasteiger partial charge in [0.15, 0.2) is 0 Å². The number of thiophene rings is 2. The maximum Gasteiger partial charge on any atom is 0.100 e. The second-order valence-electron chi connectivity index (χ2n) is 10.3. The van der Waals surface area contributed by atoms with Crippen molar-refractivity contribution in [1.82, 2.24) is 0 Å². The van der Waals surface area contributed by atoms with Crippen molar-refractivity contribution in [2.24, 2.45) is 0 Å². The molecule has 0 aliphatic carbocycles. The molecule has 0 N–H and O–H groups in total. The molecule has 6 aromatic carbocycles. The number of rotatable bonds is 3. The van der Waals surface area contributed by atoms with Crippen molar-refractivity contribution >= 4 is 63.0 Å². The predicted octanol–water partition coefficient (Wildman–Crippen LogP) is 11.2. The first-order valence-electron chi connectivity index (χ1n) is 13.6.